The first kappa shape index (κ1) is 15.1. The van der Waals surface area contributed by atoms with E-state index < -0.39 is 0 Å². The number of aliphatic hydroxyl groups is 1. The van der Waals surface area contributed by atoms with E-state index in [9.17, 15) is 5.11 Å². The normalized spacial score (nSPS) is 21.4. The van der Waals surface area contributed by atoms with Crippen LogP contribution in [0.2, 0.25) is 0 Å². The fourth-order valence-corrected chi connectivity index (χ4v) is 3.31. The second kappa shape index (κ2) is 6.22. The van der Waals surface area contributed by atoms with Gasteiger partial charge in [-0.05, 0) is 37.7 Å². The second-order valence-corrected chi connectivity index (χ2v) is 6.35. The van der Waals surface area contributed by atoms with Crippen molar-refractivity contribution >= 4 is 16.9 Å². The number of hydrogen-bond donors (Lipinski definition) is 2. The van der Waals surface area contributed by atoms with E-state index in [0.717, 1.165) is 42.2 Å². The number of rotatable bonds is 4. The average molecular weight is 323 g/mol. The minimum Gasteiger partial charge on any atom is -0.392 e. The molecule has 2 atom stereocenters. The maximum absolute atomic E-state index is 9.74. The van der Waals surface area contributed by atoms with Crippen LogP contribution in [-0.4, -0.2) is 56.8 Å². The van der Waals surface area contributed by atoms with Crippen LogP contribution in [0.4, 0.5) is 5.82 Å². The zero-order valence-electron chi connectivity index (χ0n) is 13.6. The topological polar surface area (TPSA) is 66.2 Å². The van der Waals surface area contributed by atoms with Crippen LogP contribution in [0.1, 0.15) is 6.42 Å². The number of aliphatic hydroxyl groups excluding tert-OH is 1. The fraction of sp³-hybridized carbons (Fsp3) is 0.333. The van der Waals surface area contributed by atoms with E-state index in [2.05, 4.69) is 15.2 Å². The van der Waals surface area contributed by atoms with Gasteiger partial charge in [-0.1, -0.05) is 18.2 Å². The first-order valence-corrected chi connectivity index (χ1v) is 8.22. The van der Waals surface area contributed by atoms with E-state index in [4.69, 9.17) is 4.98 Å². The number of β-amino-alcohol motifs (C(OH)–C–C–N with tert-alkyl or cyclic N) is 1. The highest BCUT2D eigenvalue weighted by molar-refractivity contribution is 5.76. The Morgan fingerprint density at radius 1 is 1.21 bits per heavy atom. The number of nitrogens with one attached hydrogen (secondary N) is 1. The Kier molecular flexibility index (Phi) is 3.92. The summed E-state index contributed by atoms with van der Waals surface area (Å²) < 4.78 is 1.99. The van der Waals surface area contributed by atoms with Gasteiger partial charge in [0.1, 0.15) is 18.0 Å². The molecule has 1 aliphatic rings. The molecule has 1 aromatic carbocycles. The summed E-state index contributed by atoms with van der Waals surface area (Å²) in [5.41, 5.74) is 2.00. The smallest absolute Gasteiger partial charge is 0.140 e. The first-order valence-electron chi connectivity index (χ1n) is 8.22. The van der Waals surface area contributed by atoms with Crippen LogP contribution in [0.5, 0.6) is 0 Å². The van der Waals surface area contributed by atoms with Crippen LogP contribution in [0.15, 0.2) is 48.8 Å². The van der Waals surface area contributed by atoms with Crippen molar-refractivity contribution in [3.63, 3.8) is 0 Å². The number of benzene rings is 1. The third-order valence-electron chi connectivity index (χ3n) is 4.62. The van der Waals surface area contributed by atoms with Crippen LogP contribution >= 0.6 is 0 Å². The lowest BCUT2D eigenvalue weighted by Gasteiger charge is -2.19. The van der Waals surface area contributed by atoms with E-state index in [1.54, 1.807) is 6.33 Å². The Morgan fingerprint density at radius 3 is 2.92 bits per heavy atom. The lowest BCUT2D eigenvalue weighted by Crippen LogP contribution is -2.31. The van der Waals surface area contributed by atoms with E-state index in [0.29, 0.717) is 6.04 Å². The van der Waals surface area contributed by atoms with Crippen molar-refractivity contribution in [3.8, 4) is 5.82 Å². The fourth-order valence-electron chi connectivity index (χ4n) is 3.31. The molecule has 2 unspecified atom stereocenters. The minimum atomic E-state index is -0.224. The third kappa shape index (κ3) is 2.86. The summed E-state index contributed by atoms with van der Waals surface area (Å²) in [6.45, 7) is 1.51. The Balaban J connectivity index is 1.54. The Hall–Kier alpha value is -2.44. The Bertz CT molecular complexity index is 846. The molecular weight excluding hydrogens is 302 g/mol. The highest BCUT2D eigenvalue weighted by atomic mass is 16.3. The van der Waals surface area contributed by atoms with Gasteiger partial charge < -0.3 is 10.4 Å². The molecule has 6 nitrogen and oxygen atoms in total. The van der Waals surface area contributed by atoms with E-state index in [1.807, 2.05) is 54.1 Å². The van der Waals surface area contributed by atoms with Crippen LogP contribution in [0.25, 0.3) is 16.9 Å². The average Bonchev–Trinajstić information content (AvgIpc) is 3.16. The lowest BCUT2D eigenvalue weighted by atomic mass is 10.2. The summed E-state index contributed by atoms with van der Waals surface area (Å²) in [6, 6.07) is 14.3. The van der Waals surface area contributed by atoms with Gasteiger partial charge in [0.25, 0.3) is 0 Å². The summed E-state index contributed by atoms with van der Waals surface area (Å²) >= 11 is 0. The number of aromatic nitrogens is 3. The molecule has 2 aromatic heterocycles. The van der Waals surface area contributed by atoms with Gasteiger partial charge in [0.2, 0.25) is 0 Å². The monoisotopic (exact) mass is 323 g/mol. The van der Waals surface area contributed by atoms with Crippen molar-refractivity contribution in [1.82, 2.24) is 19.4 Å². The van der Waals surface area contributed by atoms with Gasteiger partial charge in [-0.25, -0.2) is 9.97 Å². The zero-order chi connectivity index (χ0) is 16.5. The molecule has 6 heteroatoms. The lowest BCUT2D eigenvalue weighted by molar-refractivity contribution is 0.182. The van der Waals surface area contributed by atoms with E-state index in [-0.39, 0.29) is 6.10 Å². The number of nitrogens with zero attached hydrogens (tertiary/aromatic N) is 4. The molecule has 24 heavy (non-hydrogen) atoms. The standard InChI is InChI=1S/C18H21N5O/c1-22-11-14(24)9-13(22)10-19-17-7-4-8-18(21-17)23-12-20-15-5-2-3-6-16(15)23/h2-8,12-14,24H,9-11H2,1H3,(H,19,21). The molecule has 4 rings (SSSR count). The summed E-state index contributed by atoms with van der Waals surface area (Å²) in [5, 5.41) is 13.1. The molecule has 124 valence electrons. The van der Waals surface area contributed by atoms with Crippen LogP contribution in [0.3, 0.4) is 0 Å². The second-order valence-electron chi connectivity index (χ2n) is 6.35. The van der Waals surface area contributed by atoms with Crippen molar-refractivity contribution in [2.75, 3.05) is 25.5 Å². The van der Waals surface area contributed by atoms with Crippen molar-refractivity contribution in [1.29, 1.82) is 0 Å². The predicted octanol–water partition coefficient (Wildman–Crippen LogP) is 1.90. The number of likely N-dealkylation sites (N-methyl/N-ethyl adjacent to an activating group) is 1. The highest BCUT2D eigenvalue weighted by Crippen LogP contribution is 2.19. The highest BCUT2D eigenvalue weighted by Gasteiger charge is 2.27. The molecular formula is C18H21N5O. The van der Waals surface area contributed by atoms with E-state index >= 15 is 0 Å². The van der Waals surface area contributed by atoms with Crippen LogP contribution in [-0.2, 0) is 0 Å². The number of anilines is 1. The number of fused-ring (bicyclic) bond motifs is 1. The zero-order valence-corrected chi connectivity index (χ0v) is 13.6. The van der Waals surface area contributed by atoms with Gasteiger partial charge in [0.05, 0.1) is 17.1 Å². The largest absolute Gasteiger partial charge is 0.392 e. The molecule has 1 aliphatic heterocycles. The summed E-state index contributed by atoms with van der Waals surface area (Å²) in [5.74, 6) is 1.67. The molecule has 3 heterocycles. The number of hydrogen-bond acceptors (Lipinski definition) is 5. The van der Waals surface area contributed by atoms with Gasteiger partial charge in [0.15, 0.2) is 0 Å². The third-order valence-corrected chi connectivity index (χ3v) is 4.62. The molecule has 0 bridgehead atoms. The van der Waals surface area contributed by atoms with Gasteiger partial charge in [0, 0.05) is 19.1 Å². The Morgan fingerprint density at radius 2 is 2.08 bits per heavy atom. The first-order chi connectivity index (χ1) is 11.7. The van der Waals surface area contributed by atoms with Gasteiger partial charge >= 0.3 is 0 Å². The van der Waals surface area contributed by atoms with Crippen molar-refractivity contribution in [3.05, 3.63) is 48.8 Å². The van der Waals surface area contributed by atoms with Gasteiger partial charge in [-0.3, -0.25) is 9.47 Å². The van der Waals surface area contributed by atoms with Crippen LogP contribution in [0, 0.1) is 0 Å². The molecule has 1 fully saturated rings. The number of likely N-dealkylation sites (tertiary alicyclic amines) is 1. The van der Waals surface area contributed by atoms with Crippen LogP contribution < -0.4 is 5.32 Å². The quantitative estimate of drug-likeness (QED) is 0.768. The molecule has 3 aromatic rings. The SMILES string of the molecule is CN1CC(O)CC1CNc1cccc(-n2cnc3ccccc32)n1. The Labute approximate surface area is 140 Å². The summed E-state index contributed by atoms with van der Waals surface area (Å²) in [6.07, 6.45) is 2.38. The molecule has 0 aliphatic carbocycles. The minimum absolute atomic E-state index is 0.224. The maximum Gasteiger partial charge on any atom is 0.140 e. The van der Waals surface area contributed by atoms with Gasteiger partial charge in [-0.15, -0.1) is 0 Å². The molecule has 0 spiro atoms. The van der Waals surface area contributed by atoms with Crippen molar-refractivity contribution < 1.29 is 5.11 Å². The molecule has 0 radical (unpaired) electrons. The molecule has 0 saturated carbocycles. The van der Waals surface area contributed by atoms with Crippen molar-refractivity contribution in [2.45, 2.75) is 18.6 Å². The van der Waals surface area contributed by atoms with E-state index in [1.165, 1.54) is 0 Å². The summed E-state index contributed by atoms with van der Waals surface area (Å²) in [4.78, 5) is 11.3. The summed E-state index contributed by atoms with van der Waals surface area (Å²) in [7, 11) is 2.05. The number of imidazole rings is 1. The number of para-hydroxylation sites is 2. The number of pyridine rings is 1. The molecule has 1 saturated heterocycles. The molecule has 2 N–H and O–H groups in total. The maximum atomic E-state index is 9.74. The molecule has 0 amide bonds. The van der Waals surface area contributed by atoms with Crippen molar-refractivity contribution in [2.24, 2.45) is 0 Å². The van der Waals surface area contributed by atoms with Gasteiger partial charge in [-0.2, -0.15) is 0 Å². The predicted molar refractivity (Wildman–Crippen MR) is 94.4 cm³/mol.